The lowest BCUT2D eigenvalue weighted by molar-refractivity contribution is 0.0813. The van der Waals surface area contributed by atoms with Crippen LogP contribution in [-0.2, 0) is 0 Å². The molecule has 4 nitrogen and oxygen atoms in total. The fourth-order valence-electron chi connectivity index (χ4n) is 2.60. The van der Waals surface area contributed by atoms with E-state index < -0.39 is 0 Å². The van der Waals surface area contributed by atoms with E-state index in [0.717, 1.165) is 16.8 Å². The number of nitrogens with zero attached hydrogens (tertiary/aromatic N) is 1. The molecule has 2 heterocycles. The number of fused-ring (bicyclic) bond motifs is 1. The molecule has 20 heavy (non-hydrogen) atoms. The van der Waals surface area contributed by atoms with Crippen LogP contribution in [0, 0.1) is 0 Å². The molecule has 1 N–H and O–H groups in total. The van der Waals surface area contributed by atoms with Gasteiger partial charge in [0, 0.05) is 18.7 Å². The topological polar surface area (TPSA) is 53.2 Å². The Morgan fingerprint density at radius 3 is 2.55 bits per heavy atom. The first kappa shape index (κ1) is 13.0. The number of carbonyl (C=O) groups excluding carboxylic acids is 1. The molecule has 0 spiro atoms. The maximum absolute atomic E-state index is 12.3. The summed E-state index contributed by atoms with van der Waals surface area (Å²) < 4.78 is 0. The lowest BCUT2D eigenvalue weighted by atomic mass is 10.0. The van der Waals surface area contributed by atoms with E-state index in [1.807, 2.05) is 36.6 Å². The maximum Gasteiger partial charge on any atom is 0.255 e. The molecule has 0 bridgehead atoms. The Morgan fingerprint density at radius 1 is 1.20 bits per heavy atom. The van der Waals surface area contributed by atoms with Crippen molar-refractivity contribution in [2.45, 2.75) is 5.37 Å². The summed E-state index contributed by atoms with van der Waals surface area (Å²) in [4.78, 5) is 28.7. The third kappa shape index (κ3) is 1.86. The number of amides is 1. The SMILES string of the molecule is CSC1c2c(cc(=O)[nH]c2-c2ccccc2)C(=O)N1C. The second-order valence-corrected chi connectivity index (χ2v) is 5.62. The van der Waals surface area contributed by atoms with E-state index in [9.17, 15) is 9.59 Å². The first-order chi connectivity index (χ1) is 9.63. The van der Waals surface area contributed by atoms with E-state index in [1.54, 1.807) is 23.7 Å². The van der Waals surface area contributed by atoms with Crippen LogP contribution in [0.15, 0.2) is 41.2 Å². The number of hydrogen-bond acceptors (Lipinski definition) is 3. The molecular formula is C15H14N2O2S. The van der Waals surface area contributed by atoms with Crippen molar-refractivity contribution in [2.75, 3.05) is 13.3 Å². The number of hydrogen-bond donors (Lipinski definition) is 1. The number of aromatic nitrogens is 1. The van der Waals surface area contributed by atoms with Crippen molar-refractivity contribution in [3.63, 3.8) is 0 Å². The minimum absolute atomic E-state index is 0.0652. The van der Waals surface area contributed by atoms with Gasteiger partial charge >= 0.3 is 0 Å². The summed E-state index contributed by atoms with van der Waals surface area (Å²) in [6.45, 7) is 0. The third-order valence-electron chi connectivity index (χ3n) is 3.52. The molecular weight excluding hydrogens is 272 g/mol. The first-order valence-corrected chi connectivity index (χ1v) is 7.55. The lowest BCUT2D eigenvalue weighted by Gasteiger charge is -2.19. The van der Waals surface area contributed by atoms with Crippen molar-refractivity contribution in [3.05, 3.63) is 57.9 Å². The van der Waals surface area contributed by atoms with E-state index in [2.05, 4.69) is 4.98 Å². The molecule has 1 aromatic carbocycles. The lowest BCUT2D eigenvalue weighted by Crippen LogP contribution is -2.21. The molecule has 5 heteroatoms. The van der Waals surface area contributed by atoms with Gasteiger partial charge in [-0.15, -0.1) is 11.8 Å². The van der Waals surface area contributed by atoms with Crippen molar-refractivity contribution >= 4 is 17.7 Å². The number of thioether (sulfide) groups is 1. The van der Waals surface area contributed by atoms with Gasteiger partial charge in [0.1, 0.15) is 5.37 Å². The van der Waals surface area contributed by atoms with E-state index in [4.69, 9.17) is 0 Å². The molecule has 1 aliphatic rings. The van der Waals surface area contributed by atoms with Crippen molar-refractivity contribution in [1.82, 2.24) is 9.88 Å². The highest BCUT2D eigenvalue weighted by Crippen LogP contribution is 2.42. The number of carbonyl (C=O) groups is 1. The standard InChI is InChI=1S/C15H14N2O2S/c1-17-14(19)10-8-11(18)16-13(12(10)15(17)20-2)9-6-4-3-5-7-9/h3-8,15H,1-2H3,(H,16,18). The Balaban J connectivity index is 2.31. The molecule has 1 atom stereocenters. The van der Waals surface area contributed by atoms with E-state index >= 15 is 0 Å². The van der Waals surface area contributed by atoms with Gasteiger partial charge in [-0.05, 0) is 11.8 Å². The molecule has 1 amide bonds. The Labute approximate surface area is 120 Å². The largest absolute Gasteiger partial charge is 0.325 e. The molecule has 102 valence electrons. The number of aromatic amines is 1. The number of benzene rings is 1. The van der Waals surface area contributed by atoms with Gasteiger partial charge in [-0.1, -0.05) is 30.3 Å². The van der Waals surface area contributed by atoms with Gasteiger partial charge in [-0.25, -0.2) is 0 Å². The normalized spacial score (nSPS) is 17.4. The fraction of sp³-hybridized carbons (Fsp3) is 0.200. The Kier molecular flexibility index (Phi) is 3.14. The zero-order valence-electron chi connectivity index (χ0n) is 11.2. The van der Waals surface area contributed by atoms with Gasteiger partial charge < -0.3 is 9.88 Å². The number of H-pyrrole nitrogens is 1. The van der Waals surface area contributed by atoms with Gasteiger partial charge in [-0.2, -0.15) is 0 Å². The molecule has 3 rings (SSSR count). The summed E-state index contributed by atoms with van der Waals surface area (Å²) in [5, 5.41) is -0.0652. The van der Waals surface area contributed by atoms with E-state index in [0.29, 0.717) is 5.56 Å². The van der Waals surface area contributed by atoms with Crippen LogP contribution in [0.25, 0.3) is 11.3 Å². The second-order valence-electron chi connectivity index (χ2n) is 4.71. The molecule has 0 saturated carbocycles. The highest BCUT2D eigenvalue weighted by atomic mass is 32.2. The van der Waals surface area contributed by atoms with Crippen molar-refractivity contribution in [1.29, 1.82) is 0 Å². The van der Waals surface area contributed by atoms with Crippen molar-refractivity contribution in [2.24, 2.45) is 0 Å². The van der Waals surface area contributed by atoms with Crippen LogP contribution < -0.4 is 5.56 Å². The maximum atomic E-state index is 12.3. The molecule has 0 radical (unpaired) electrons. The van der Waals surface area contributed by atoms with Crippen LogP contribution in [0.2, 0.25) is 0 Å². The average Bonchev–Trinajstić information content (AvgIpc) is 2.71. The summed E-state index contributed by atoms with van der Waals surface area (Å²) in [5.41, 5.74) is 2.82. The fourth-order valence-corrected chi connectivity index (χ4v) is 3.49. The number of pyridine rings is 1. The molecule has 2 aromatic rings. The van der Waals surface area contributed by atoms with Crippen LogP contribution in [0.3, 0.4) is 0 Å². The first-order valence-electron chi connectivity index (χ1n) is 6.26. The Bertz CT molecular complexity index is 724. The van der Waals surface area contributed by atoms with Crippen LogP contribution >= 0.6 is 11.8 Å². The van der Waals surface area contributed by atoms with E-state index in [1.165, 1.54) is 6.07 Å². The highest BCUT2D eigenvalue weighted by molar-refractivity contribution is 7.98. The summed E-state index contributed by atoms with van der Waals surface area (Å²) in [6, 6.07) is 11.0. The van der Waals surface area contributed by atoms with Crippen LogP contribution in [0.4, 0.5) is 0 Å². The van der Waals surface area contributed by atoms with Crippen LogP contribution in [-0.4, -0.2) is 29.1 Å². The number of rotatable bonds is 2. The minimum atomic E-state index is -0.244. The highest BCUT2D eigenvalue weighted by Gasteiger charge is 2.36. The zero-order chi connectivity index (χ0) is 14.3. The molecule has 0 saturated heterocycles. The molecule has 1 aromatic heterocycles. The average molecular weight is 286 g/mol. The monoisotopic (exact) mass is 286 g/mol. The van der Waals surface area contributed by atoms with Gasteiger partial charge in [-0.3, -0.25) is 9.59 Å². The van der Waals surface area contributed by atoms with Crippen LogP contribution in [0.1, 0.15) is 21.3 Å². The molecule has 0 fully saturated rings. The van der Waals surface area contributed by atoms with E-state index in [-0.39, 0.29) is 16.8 Å². The Hall–Kier alpha value is -2.01. The summed E-state index contributed by atoms with van der Waals surface area (Å²) in [5.74, 6) is -0.0948. The minimum Gasteiger partial charge on any atom is -0.325 e. The summed E-state index contributed by atoms with van der Waals surface area (Å²) >= 11 is 1.58. The van der Waals surface area contributed by atoms with Crippen molar-refractivity contribution < 1.29 is 4.79 Å². The van der Waals surface area contributed by atoms with Crippen molar-refractivity contribution in [3.8, 4) is 11.3 Å². The predicted octanol–water partition coefficient (Wildman–Crippen LogP) is 2.49. The van der Waals surface area contributed by atoms with Crippen LogP contribution in [0.5, 0.6) is 0 Å². The van der Waals surface area contributed by atoms with Gasteiger partial charge in [0.15, 0.2) is 0 Å². The van der Waals surface area contributed by atoms with Gasteiger partial charge in [0.25, 0.3) is 5.91 Å². The molecule has 1 aliphatic heterocycles. The zero-order valence-corrected chi connectivity index (χ0v) is 12.0. The summed E-state index contributed by atoms with van der Waals surface area (Å²) in [7, 11) is 1.77. The second kappa shape index (κ2) is 4.83. The number of nitrogens with one attached hydrogen (secondary N) is 1. The van der Waals surface area contributed by atoms with Gasteiger partial charge in [0.05, 0.1) is 11.3 Å². The third-order valence-corrected chi connectivity index (χ3v) is 4.52. The Morgan fingerprint density at radius 2 is 1.90 bits per heavy atom. The molecule has 1 unspecified atom stereocenters. The smallest absolute Gasteiger partial charge is 0.255 e. The molecule has 0 aliphatic carbocycles. The predicted molar refractivity (Wildman–Crippen MR) is 80.8 cm³/mol. The van der Waals surface area contributed by atoms with Gasteiger partial charge in [0.2, 0.25) is 5.56 Å². The quantitative estimate of drug-likeness (QED) is 0.923. The summed E-state index contributed by atoms with van der Waals surface area (Å²) in [6.07, 6.45) is 1.96.